The summed E-state index contributed by atoms with van der Waals surface area (Å²) < 4.78 is 7.18. The minimum absolute atomic E-state index is 0.0307. The third-order valence-corrected chi connectivity index (χ3v) is 4.82. The highest BCUT2D eigenvalue weighted by Crippen LogP contribution is 2.27. The smallest absolute Gasteiger partial charge is 0.233 e. The fraction of sp³-hybridized carbons (Fsp3) is 0.500. The van der Waals surface area contributed by atoms with Crippen LogP contribution in [0.15, 0.2) is 29.4 Å². The molecule has 142 valence electrons. The molecule has 6 nitrogen and oxygen atoms in total. The van der Waals surface area contributed by atoms with Crippen LogP contribution in [0.1, 0.15) is 27.7 Å². The fourth-order valence-electron chi connectivity index (χ4n) is 2.26. The molecule has 1 atom stereocenters. The summed E-state index contributed by atoms with van der Waals surface area (Å²) in [6, 6.07) is 7.44. The molecule has 8 heteroatoms. The van der Waals surface area contributed by atoms with Crippen molar-refractivity contribution in [3.8, 4) is 11.4 Å². The lowest BCUT2D eigenvalue weighted by atomic mass is 10.1. The third kappa shape index (κ3) is 5.72. The molecule has 1 aromatic heterocycles. The van der Waals surface area contributed by atoms with Gasteiger partial charge < -0.3 is 10.1 Å². The van der Waals surface area contributed by atoms with Crippen molar-refractivity contribution in [2.75, 3.05) is 13.7 Å². The number of thioether (sulfide) groups is 1. The molecule has 1 aromatic carbocycles. The van der Waals surface area contributed by atoms with Gasteiger partial charge in [-0.2, -0.15) is 0 Å². The Hall–Kier alpha value is -1.57. The Morgan fingerprint density at radius 2 is 1.96 bits per heavy atom. The van der Waals surface area contributed by atoms with Crippen molar-refractivity contribution < 1.29 is 9.53 Å². The third-order valence-electron chi connectivity index (χ3n) is 3.49. The molecule has 0 radical (unpaired) electrons. The first-order chi connectivity index (χ1) is 12.2. The van der Waals surface area contributed by atoms with Crippen LogP contribution in [0.25, 0.3) is 11.4 Å². The quantitative estimate of drug-likeness (QED) is 0.723. The number of amides is 1. The number of nitrogens with zero attached hydrogens (tertiary/aromatic N) is 3. The summed E-state index contributed by atoms with van der Waals surface area (Å²) in [7, 11) is 1.65. The molecule has 0 saturated carbocycles. The van der Waals surface area contributed by atoms with E-state index in [2.05, 4.69) is 15.5 Å². The average Bonchev–Trinajstić information content (AvgIpc) is 2.94. The summed E-state index contributed by atoms with van der Waals surface area (Å²) in [5.41, 5.74) is 0.640. The Labute approximate surface area is 163 Å². The Morgan fingerprint density at radius 3 is 2.54 bits per heavy atom. The van der Waals surface area contributed by atoms with Crippen LogP contribution >= 0.6 is 23.4 Å². The van der Waals surface area contributed by atoms with Gasteiger partial charge in [-0.25, -0.2) is 0 Å². The number of carbonyl (C=O) groups excluding carboxylic acids is 1. The average molecular weight is 397 g/mol. The molecule has 2 rings (SSSR count). The van der Waals surface area contributed by atoms with E-state index in [-0.39, 0.29) is 16.7 Å². The van der Waals surface area contributed by atoms with Crippen LogP contribution in [0.3, 0.4) is 0 Å². The van der Waals surface area contributed by atoms with Gasteiger partial charge in [0.1, 0.15) is 0 Å². The maximum atomic E-state index is 12.4. The topological polar surface area (TPSA) is 69.0 Å². The predicted octanol–water partition coefficient (Wildman–Crippen LogP) is 3.64. The van der Waals surface area contributed by atoms with Gasteiger partial charge in [-0.15, -0.1) is 10.2 Å². The molecule has 0 fully saturated rings. The highest BCUT2D eigenvalue weighted by molar-refractivity contribution is 8.00. The predicted molar refractivity (Wildman–Crippen MR) is 106 cm³/mol. The first-order valence-corrected chi connectivity index (χ1v) is 9.64. The van der Waals surface area contributed by atoms with Gasteiger partial charge >= 0.3 is 0 Å². The minimum Gasteiger partial charge on any atom is -0.383 e. The van der Waals surface area contributed by atoms with Gasteiger partial charge in [-0.05, 0) is 52.0 Å². The van der Waals surface area contributed by atoms with E-state index in [4.69, 9.17) is 16.3 Å². The lowest BCUT2D eigenvalue weighted by Gasteiger charge is -2.23. The fourth-order valence-corrected chi connectivity index (χ4v) is 3.26. The number of methoxy groups -OCH3 is 1. The standard InChI is InChI=1S/C18H25ClN4O2S/c1-12(16(24)20-18(2,3)4)26-17-22-21-15(23(17)10-11-25-5)13-6-8-14(19)9-7-13/h6-9,12H,10-11H2,1-5H3,(H,20,24)/t12-/m1/s1. The Morgan fingerprint density at radius 1 is 1.31 bits per heavy atom. The van der Waals surface area contributed by atoms with E-state index in [9.17, 15) is 4.79 Å². The van der Waals surface area contributed by atoms with Crippen molar-refractivity contribution in [1.29, 1.82) is 0 Å². The first-order valence-electron chi connectivity index (χ1n) is 8.38. The van der Waals surface area contributed by atoms with Crippen LogP contribution in [-0.4, -0.2) is 45.2 Å². The molecule has 1 amide bonds. The maximum Gasteiger partial charge on any atom is 0.233 e. The van der Waals surface area contributed by atoms with Gasteiger partial charge in [0.2, 0.25) is 5.91 Å². The monoisotopic (exact) mass is 396 g/mol. The summed E-state index contributed by atoms with van der Waals surface area (Å²) >= 11 is 7.36. The van der Waals surface area contributed by atoms with Gasteiger partial charge in [0, 0.05) is 23.2 Å². The number of benzene rings is 1. The lowest BCUT2D eigenvalue weighted by Crippen LogP contribution is -2.44. The lowest BCUT2D eigenvalue weighted by molar-refractivity contribution is -0.121. The SMILES string of the molecule is COCCn1c(S[C@H](C)C(=O)NC(C)(C)C)nnc1-c1ccc(Cl)cc1. The Kier molecular flexibility index (Phi) is 7.08. The van der Waals surface area contributed by atoms with Crippen LogP contribution < -0.4 is 5.32 Å². The summed E-state index contributed by atoms with van der Waals surface area (Å²) in [4.78, 5) is 12.4. The number of carbonyl (C=O) groups is 1. The van der Waals surface area contributed by atoms with Crippen molar-refractivity contribution in [1.82, 2.24) is 20.1 Å². The van der Waals surface area contributed by atoms with Crippen LogP contribution in [0.4, 0.5) is 0 Å². The normalized spacial score (nSPS) is 12.8. The second-order valence-corrected chi connectivity index (χ2v) is 8.70. The summed E-state index contributed by atoms with van der Waals surface area (Å²) in [6.07, 6.45) is 0. The second kappa shape index (κ2) is 8.88. The van der Waals surface area contributed by atoms with Crippen LogP contribution in [0.2, 0.25) is 5.02 Å². The molecule has 0 spiro atoms. The zero-order chi connectivity index (χ0) is 19.3. The number of halogens is 1. The Balaban J connectivity index is 2.25. The van der Waals surface area contributed by atoms with Crippen molar-refractivity contribution in [2.45, 2.75) is 50.2 Å². The Bertz CT molecular complexity index is 741. The van der Waals surface area contributed by atoms with E-state index in [1.54, 1.807) is 7.11 Å². The van der Waals surface area contributed by atoms with E-state index in [0.29, 0.717) is 23.3 Å². The van der Waals surface area contributed by atoms with Crippen molar-refractivity contribution in [3.63, 3.8) is 0 Å². The number of ether oxygens (including phenoxy) is 1. The van der Waals surface area contributed by atoms with Gasteiger partial charge in [-0.1, -0.05) is 23.4 Å². The maximum absolute atomic E-state index is 12.4. The molecule has 26 heavy (non-hydrogen) atoms. The van der Waals surface area contributed by atoms with Crippen molar-refractivity contribution in [2.24, 2.45) is 0 Å². The zero-order valence-electron chi connectivity index (χ0n) is 15.7. The largest absolute Gasteiger partial charge is 0.383 e. The number of hydrogen-bond acceptors (Lipinski definition) is 5. The highest BCUT2D eigenvalue weighted by atomic mass is 35.5. The molecule has 1 heterocycles. The molecular weight excluding hydrogens is 372 g/mol. The van der Waals surface area contributed by atoms with Gasteiger partial charge in [0.15, 0.2) is 11.0 Å². The van der Waals surface area contributed by atoms with Gasteiger partial charge in [-0.3, -0.25) is 9.36 Å². The van der Waals surface area contributed by atoms with E-state index in [1.165, 1.54) is 11.8 Å². The molecule has 0 bridgehead atoms. The van der Waals surface area contributed by atoms with Gasteiger partial charge in [0.25, 0.3) is 0 Å². The highest BCUT2D eigenvalue weighted by Gasteiger charge is 2.23. The van der Waals surface area contributed by atoms with E-state index >= 15 is 0 Å². The van der Waals surface area contributed by atoms with Gasteiger partial charge in [0.05, 0.1) is 18.4 Å². The number of rotatable bonds is 7. The molecule has 2 aromatic rings. The summed E-state index contributed by atoms with van der Waals surface area (Å²) in [5.74, 6) is 0.696. The second-order valence-electron chi connectivity index (χ2n) is 6.96. The summed E-state index contributed by atoms with van der Waals surface area (Å²) in [5, 5.41) is 12.7. The first kappa shape index (κ1) is 20.7. The molecule has 0 aliphatic heterocycles. The summed E-state index contributed by atoms with van der Waals surface area (Å²) in [6.45, 7) is 8.86. The van der Waals surface area contributed by atoms with Crippen molar-refractivity contribution in [3.05, 3.63) is 29.3 Å². The van der Waals surface area contributed by atoms with Crippen LogP contribution in [-0.2, 0) is 16.1 Å². The van der Waals surface area contributed by atoms with Crippen molar-refractivity contribution >= 4 is 29.3 Å². The molecule has 0 unspecified atom stereocenters. The molecule has 1 N–H and O–H groups in total. The molecule has 0 aliphatic rings. The molecule has 0 aliphatic carbocycles. The molecular formula is C18H25ClN4O2S. The number of hydrogen-bond donors (Lipinski definition) is 1. The number of nitrogens with one attached hydrogen (secondary N) is 1. The minimum atomic E-state index is -0.294. The van der Waals surface area contributed by atoms with Crippen LogP contribution in [0.5, 0.6) is 0 Å². The van der Waals surface area contributed by atoms with Crippen LogP contribution in [0, 0.1) is 0 Å². The van der Waals surface area contributed by atoms with E-state index in [0.717, 1.165) is 11.4 Å². The molecule has 0 saturated heterocycles. The number of aromatic nitrogens is 3. The van der Waals surface area contributed by atoms with E-state index in [1.807, 2.05) is 56.5 Å². The zero-order valence-corrected chi connectivity index (χ0v) is 17.3. The van der Waals surface area contributed by atoms with E-state index < -0.39 is 0 Å².